The average molecular weight is 456 g/mol. The zero-order valence-electron chi connectivity index (χ0n) is 18.7. The molecular formula is C23H29N5O5. The summed E-state index contributed by atoms with van der Waals surface area (Å²) in [5, 5.41) is 4.08. The van der Waals surface area contributed by atoms with Gasteiger partial charge in [0, 0.05) is 57.7 Å². The number of nitrogens with zero attached hydrogens (tertiary/aromatic N) is 5. The molecule has 10 heteroatoms. The highest BCUT2D eigenvalue weighted by Crippen LogP contribution is 2.32. The molecule has 5 rings (SSSR count). The summed E-state index contributed by atoms with van der Waals surface area (Å²) in [7, 11) is 0. The Labute approximate surface area is 192 Å². The molecule has 0 saturated carbocycles. The molecule has 1 aromatic heterocycles. The summed E-state index contributed by atoms with van der Waals surface area (Å²) in [4.78, 5) is 35.6. The summed E-state index contributed by atoms with van der Waals surface area (Å²) in [6.45, 7) is 5.19. The van der Waals surface area contributed by atoms with Crippen molar-refractivity contribution in [3.8, 4) is 11.5 Å². The zero-order valence-corrected chi connectivity index (χ0v) is 18.7. The lowest BCUT2D eigenvalue weighted by Crippen LogP contribution is -2.48. The highest BCUT2D eigenvalue weighted by atomic mass is 16.7. The fourth-order valence-electron chi connectivity index (χ4n) is 4.49. The maximum atomic E-state index is 12.8. The molecule has 0 unspecified atom stereocenters. The third-order valence-corrected chi connectivity index (χ3v) is 6.42. The van der Waals surface area contributed by atoms with Gasteiger partial charge in [-0.2, -0.15) is 4.98 Å². The van der Waals surface area contributed by atoms with E-state index in [2.05, 4.69) is 15.0 Å². The van der Waals surface area contributed by atoms with Crippen molar-refractivity contribution in [3.63, 3.8) is 0 Å². The largest absolute Gasteiger partial charge is 0.454 e. The average Bonchev–Trinajstić information content (AvgIpc) is 3.52. The molecule has 0 bridgehead atoms. The first-order valence-corrected chi connectivity index (χ1v) is 11.7. The molecule has 0 aliphatic carbocycles. The number of aryl methyl sites for hydroxylation is 1. The van der Waals surface area contributed by atoms with Crippen LogP contribution in [0.4, 0.5) is 0 Å². The van der Waals surface area contributed by atoms with Crippen molar-refractivity contribution in [1.29, 1.82) is 0 Å². The SMILES string of the molecule is O=C(CCc1nc(CN2CCN(C(=O)c3ccc4c(c3)OCO4)CC2)no1)N1CCCCC1. The zero-order chi connectivity index (χ0) is 22.6. The van der Waals surface area contributed by atoms with E-state index in [1.165, 1.54) is 6.42 Å². The number of aromatic nitrogens is 2. The van der Waals surface area contributed by atoms with Crippen LogP contribution < -0.4 is 9.47 Å². The maximum absolute atomic E-state index is 12.8. The van der Waals surface area contributed by atoms with Gasteiger partial charge < -0.3 is 23.8 Å². The summed E-state index contributed by atoms with van der Waals surface area (Å²) in [5.41, 5.74) is 0.606. The number of likely N-dealkylation sites (tertiary alicyclic amines) is 1. The Kier molecular flexibility index (Phi) is 6.43. The molecule has 2 amide bonds. The van der Waals surface area contributed by atoms with E-state index < -0.39 is 0 Å². The monoisotopic (exact) mass is 455 g/mol. The minimum atomic E-state index is -0.00632. The Balaban J connectivity index is 1.07. The van der Waals surface area contributed by atoms with Gasteiger partial charge in [-0.1, -0.05) is 5.16 Å². The van der Waals surface area contributed by atoms with Crippen LogP contribution in [-0.2, 0) is 17.8 Å². The third kappa shape index (κ3) is 5.11. The highest BCUT2D eigenvalue weighted by Gasteiger charge is 2.25. The van der Waals surface area contributed by atoms with Gasteiger partial charge in [0.2, 0.25) is 18.6 Å². The number of rotatable bonds is 6. The molecule has 33 heavy (non-hydrogen) atoms. The molecule has 1 aromatic carbocycles. The van der Waals surface area contributed by atoms with Gasteiger partial charge in [-0.3, -0.25) is 14.5 Å². The molecule has 3 aliphatic heterocycles. The summed E-state index contributed by atoms with van der Waals surface area (Å²) in [6.07, 6.45) is 4.26. The number of ether oxygens (including phenoxy) is 2. The molecule has 4 heterocycles. The second-order valence-corrected chi connectivity index (χ2v) is 8.68. The molecular weight excluding hydrogens is 426 g/mol. The number of hydrogen-bond donors (Lipinski definition) is 0. The Hall–Kier alpha value is -3.14. The van der Waals surface area contributed by atoms with Gasteiger partial charge in [0.25, 0.3) is 5.91 Å². The van der Waals surface area contributed by atoms with E-state index in [1.54, 1.807) is 18.2 Å². The lowest BCUT2D eigenvalue weighted by Gasteiger charge is -2.34. The number of carbonyl (C=O) groups excluding carboxylic acids is 2. The second kappa shape index (κ2) is 9.78. The molecule has 0 radical (unpaired) electrons. The maximum Gasteiger partial charge on any atom is 0.254 e. The molecule has 3 aliphatic rings. The van der Waals surface area contributed by atoms with Gasteiger partial charge in [0.05, 0.1) is 6.54 Å². The Morgan fingerprint density at radius 3 is 2.52 bits per heavy atom. The molecule has 2 fully saturated rings. The first-order valence-electron chi connectivity index (χ1n) is 11.7. The van der Waals surface area contributed by atoms with Gasteiger partial charge in [-0.05, 0) is 37.5 Å². The first kappa shape index (κ1) is 21.7. The predicted molar refractivity (Wildman–Crippen MR) is 117 cm³/mol. The molecule has 176 valence electrons. The van der Waals surface area contributed by atoms with Crippen molar-refractivity contribution in [1.82, 2.24) is 24.8 Å². The van der Waals surface area contributed by atoms with Crippen molar-refractivity contribution in [3.05, 3.63) is 35.5 Å². The normalized spacial score (nSPS) is 18.5. The van der Waals surface area contributed by atoms with Gasteiger partial charge in [-0.15, -0.1) is 0 Å². The van der Waals surface area contributed by atoms with E-state index in [1.807, 2.05) is 9.80 Å². The first-order chi connectivity index (χ1) is 16.2. The lowest BCUT2D eigenvalue weighted by atomic mass is 10.1. The van der Waals surface area contributed by atoms with Crippen LogP contribution >= 0.6 is 0 Å². The molecule has 0 N–H and O–H groups in total. The number of benzene rings is 1. The predicted octanol–water partition coefficient (Wildman–Crippen LogP) is 1.70. The smallest absolute Gasteiger partial charge is 0.254 e. The van der Waals surface area contributed by atoms with Crippen molar-refractivity contribution >= 4 is 11.8 Å². The van der Waals surface area contributed by atoms with E-state index in [0.29, 0.717) is 61.3 Å². The van der Waals surface area contributed by atoms with Gasteiger partial charge >= 0.3 is 0 Å². The Bertz CT molecular complexity index is 995. The second-order valence-electron chi connectivity index (χ2n) is 8.68. The Morgan fingerprint density at radius 1 is 0.909 bits per heavy atom. The van der Waals surface area contributed by atoms with Gasteiger partial charge in [0.15, 0.2) is 17.3 Å². The lowest BCUT2D eigenvalue weighted by molar-refractivity contribution is -0.132. The molecule has 0 atom stereocenters. The van der Waals surface area contributed by atoms with E-state index >= 15 is 0 Å². The van der Waals surface area contributed by atoms with E-state index in [0.717, 1.165) is 39.0 Å². The van der Waals surface area contributed by atoms with E-state index in [-0.39, 0.29) is 18.6 Å². The van der Waals surface area contributed by atoms with Crippen molar-refractivity contribution < 1.29 is 23.6 Å². The minimum absolute atomic E-state index is 0.00632. The summed E-state index contributed by atoms with van der Waals surface area (Å²) < 4.78 is 16.0. The number of hydrogen-bond acceptors (Lipinski definition) is 8. The van der Waals surface area contributed by atoms with Crippen LogP contribution in [0.15, 0.2) is 22.7 Å². The van der Waals surface area contributed by atoms with Crippen molar-refractivity contribution in [2.45, 2.75) is 38.6 Å². The van der Waals surface area contributed by atoms with E-state index in [4.69, 9.17) is 14.0 Å². The quantitative estimate of drug-likeness (QED) is 0.649. The van der Waals surface area contributed by atoms with Gasteiger partial charge in [-0.25, -0.2) is 0 Å². The van der Waals surface area contributed by atoms with Crippen LogP contribution in [0.2, 0.25) is 0 Å². The van der Waals surface area contributed by atoms with Crippen LogP contribution in [0.25, 0.3) is 0 Å². The standard InChI is InChI=1S/C23H29N5O5/c29-22(27-8-2-1-3-9-27)7-6-21-24-20(25-33-21)15-26-10-12-28(13-11-26)23(30)17-4-5-18-19(14-17)32-16-31-18/h4-5,14H,1-3,6-13,15-16H2. The Morgan fingerprint density at radius 2 is 1.70 bits per heavy atom. The third-order valence-electron chi connectivity index (χ3n) is 6.42. The van der Waals surface area contributed by atoms with Crippen LogP contribution in [-0.4, -0.2) is 82.7 Å². The number of amides is 2. The van der Waals surface area contributed by atoms with Crippen LogP contribution in [0.5, 0.6) is 11.5 Å². The van der Waals surface area contributed by atoms with Gasteiger partial charge in [0.1, 0.15) is 0 Å². The number of carbonyl (C=O) groups is 2. The molecule has 0 spiro atoms. The summed E-state index contributed by atoms with van der Waals surface area (Å²) >= 11 is 0. The minimum Gasteiger partial charge on any atom is -0.454 e. The molecule has 2 saturated heterocycles. The highest BCUT2D eigenvalue weighted by molar-refractivity contribution is 5.95. The number of fused-ring (bicyclic) bond motifs is 1. The number of piperazine rings is 1. The summed E-state index contributed by atoms with van der Waals surface area (Å²) in [5.74, 6) is 2.57. The van der Waals surface area contributed by atoms with Crippen LogP contribution in [0, 0.1) is 0 Å². The summed E-state index contributed by atoms with van der Waals surface area (Å²) in [6, 6.07) is 5.30. The fraction of sp³-hybridized carbons (Fsp3) is 0.565. The van der Waals surface area contributed by atoms with Crippen LogP contribution in [0.1, 0.15) is 47.8 Å². The van der Waals surface area contributed by atoms with Crippen molar-refractivity contribution in [2.75, 3.05) is 46.1 Å². The number of piperidine rings is 1. The van der Waals surface area contributed by atoms with Crippen LogP contribution in [0.3, 0.4) is 0 Å². The van der Waals surface area contributed by atoms with Crippen molar-refractivity contribution in [2.24, 2.45) is 0 Å². The topological polar surface area (TPSA) is 101 Å². The fourth-order valence-corrected chi connectivity index (χ4v) is 4.49. The molecule has 10 nitrogen and oxygen atoms in total. The molecule has 2 aromatic rings. The van der Waals surface area contributed by atoms with E-state index in [9.17, 15) is 9.59 Å².